The van der Waals surface area contributed by atoms with Gasteiger partial charge in [-0.25, -0.2) is 0 Å². The summed E-state index contributed by atoms with van der Waals surface area (Å²) in [4.78, 5) is 8.33. The Kier molecular flexibility index (Phi) is 14.9. The molecular weight excluding hydrogens is 491 g/mol. The summed E-state index contributed by atoms with van der Waals surface area (Å²) in [6.07, 6.45) is 0. The van der Waals surface area contributed by atoms with E-state index in [9.17, 15) is 0 Å². The van der Waals surface area contributed by atoms with Gasteiger partial charge in [0.1, 0.15) is 0 Å². The summed E-state index contributed by atoms with van der Waals surface area (Å²) in [5.41, 5.74) is 0. The van der Waals surface area contributed by atoms with Crippen LogP contribution in [0.4, 0.5) is 0 Å². The Morgan fingerprint density at radius 3 is 0.800 bits per heavy atom. The number of rotatable bonds is 16. The second-order valence-corrected chi connectivity index (χ2v) is 14.8. The van der Waals surface area contributed by atoms with E-state index < -0.39 is 21.7 Å². The van der Waals surface area contributed by atoms with Gasteiger partial charge in [-0.3, -0.25) is 0 Å². The zero-order chi connectivity index (χ0) is 19.3. The third kappa shape index (κ3) is 15.3. The molecule has 0 N–H and O–H groups in total. The second kappa shape index (κ2) is 14.6. The van der Waals surface area contributed by atoms with Gasteiger partial charge in [-0.05, 0) is 0 Å². The average Bonchev–Trinajstić information content (AvgIpc) is 2.45. The Morgan fingerprint density at radius 2 is 0.640 bits per heavy atom. The fourth-order valence-electron chi connectivity index (χ4n) is 1.66. The molecule has 0 aliphatic heterocycles. The second-order valence-electron chi connectivity index (χ2n) is 7.11. The van der Waals surface area contributed by atoms with E-state index in [1.54, 1.807) is 0 Å². The van der Waals surface area contributed by atoms with Gasteiger partial charge in [-0.2, -0.15) is 0 Å². The van der Waals surface area contributed by atoms with E-state index in [-0.39, 0.29) is 0 Å². The Morgan fingerprint density at radius 1 is 0.440 bits per heavy atom. The van der Waals surface area contributed by atoms with E-state index in [1.165, 1.54) is 0 Å². The molecule has 0 fully saturated rings. The summed E-state index contributed by atoms with van der Waals surface area (Å²) in [7, 11) is 16.2. The normalized spacial score (nSPS) is 13.0. The number of likely N-dealkylation sites (N-methyl/N-ethyl adjacent to an activating group) is 4. The molecule has 0 aromatic carbocycles. The van der Waals surface area contributed by atoms with Crippen LogP contribution in [0.25, 0.3) is 0 Å². The van der Waals surface area contributed by atoms with Crippen LogP contribution in [0.5, 0.6) is 0 Å². The first kappa shape index (κ1) is 25.6. The Balaban J connectivity index is 4.85. The number of nitrogens with zero attached hydrogens (tertiary/aromatic N) is 4. The van der Waals surface area contributed by atoms with Crippen LogP contribution in [-0.4, -0.2) is 129 Å². The van der Waals surface area contributed by atoms with Crippen molar-refractivity contribution in [1.82, 2.24) is 19.6 Å². The molecule has 8 nitrogen and oxygen atoms in total. The quantitative estimate of drug-likeness (QED) is 0.261. The fraction of sp³-hybridized carbons (Fsp3) is 1.00. The zero-order valence-corrected chi connectivity index (χ0v) is 21.2. The molecule has 0 saturated carbocycles. The van der Waals surface area contributed by atoms with Gasteiger partial charge in [0.25, 0.3) is 0 Å². The van der Waals surface area contributed by atoms with Crippen molar-refractivity contribution in [2.24, 2.45) is 0 Å². The van der Waals surface area contributed by atoms with Gasteiger partial charge in [0.05, 0.1) is 0 Å². The van der Waals surface area contributed by atoms with Crippen LogP contribution in [0.15, 0.2) is 0 Å². The van der Waals surface area contributed by atoms with Crippen LogP contribution >= 0.6 is 0 Å². The van der Waals surface area contributed by atoms with Crippen molar-refractivity contribution in [3.63, 3.8) is 0 Å². The van der Waals surface area contributed by atoms with E-state index >= 15 is 0 Å². The van der Waals surface area contributed by atoms with Gasteiger partial charge in [0, 0.05) is 0 Å². The van der Waals surface area contributed by atoms with Gasteiger partial charge in [-0.1, -0.05) is 0 Å². The molecule has 0 bridgehead atoms. The predicted octanol–water partition coefficient (Wildman–Crippen LogP) is 0.113. The molecule has 0 radical (unpaired) electrons. The third-order valence-electron chi connectivity index (χ3n) is 3.27. The van der Waals surface area contributed by atoms with E-state index in [4.69, 9.17) is 11.4 Å². The predicted molar refractivity (Wildman–Crippen MR) is 98.0 cm³/mol. The van der Waals surface area contributed by atoms with Crippen molar-refractivity contribution >= 4 is 0 Å². The molecule has 0 aliphatic carbocycles. The molecule has 0 saturated heterocycles. The maximum atomic E-state index is 6.14. The van der Waals surface area contributed by atoms with Crippen LogP contribution in [0.1, 0.15) is 0 Å². The standard InChI is InChI=1S/4C4H10NO.Hf/c4*1-5(2)3-4-6;/h4*3-4H2,1-2H3;/q4*-1;+4. The topological polar surface area (TPSA) is 49.9 Å². The van der Waals surface area contributed by atoms with Gasteiger partial charge in [0.15, 0.2) is 0 Å². The molecule has 0 aromatic heterocycles. The molecule has 0 aliphatic rings. The van der Waals surface area contributed by atoms with Crippen molar-refractivity contribution < 1.29 is 33.1 Å². The SMILES string of the molecule is CN(C)CC[O][Hf]([O]CCN(C)C)([O]CCN(C)C)[O]CCN(C)C. The molecule has 152 valence electrons. The summed E-state index contributed by atoms with van der Waals surface area (Å²) in [5.74, 6) is 0. The molecule has 9 heteroatoms. The van der Waals surface area contributed by atoms with Gasteiger partial charge >= 0.3 is 162 Å². The summed E-state index contributed by atoms with van der Waals surface area (Å²) < 4.78 is 24.6. The van der Waals surface area contributed by atoms with Gasteiger partial charge < -0.3 is 0 Å². The van der Waals surface area contributed by atoms with Crippen LogP contribution in [0, 0.1) is 0 Å². The summed E-state index contributed by atoms with van der Waals surface area (Å²) in [6.45, 7) is 5.47. The van der Waals surface area contributed by atoms with Crippen LogP contribution < -0.4 is 0 Å². The van der Waals surface area contributed by atoms with Crippen LogP contribution in [-0.2, 0) is 33.1 Å². The molecule has 0 unspecified atom stereocenters. The monoisotopic (exact) mass is 532 g/mol. The van der Waals surface area contributed by atoms with Crippen molar-refractivity contribution in [2.45, 2.75) is 0 Å². The molecule has 25 heavy (non-hydrogen) atoms. The minimum atomic E-state index is -4.20. The summed E-state index contributed by atoms with van der Waals surface area (Å²) >= 11 is -4.20. The Bertz CT molecular complexity index is 259. The van der Waals surface area contributed by atoms with E-state index in [0.717, 1.165) is 26.2 Å². The first-order valence-corrected chi connectivity index (χ1v) is 14.7. The molecule has 0 atom stereocenters. The molecule has 0 aromatic rings. The van der Waals surface area contributed by atoms with Crippen LogP contribution in [0.3, 0.4) is 0 Å². The molecule has 0 rings (SSSR count). The Labute approximate surface area is 161 Å². The molecular formula is C16H40HfN4O4. The van der Waals surface area contributed by atoms with Crippen molar-refractivity contribution in [1.29, 1.82) is 0 Å². The average molecular weight is 531 g/mol. The van der Waals surface area contributed by atoms with Crippen molar-refractivity contribution in [3.8, 4) is 0 Å². The fourth-order valence-corrected chi connectivity index (χ4v) is 8.36. The molecule has 0 spiro atoms. The van der Waals surface area contributed by atoms with Crippen molar-refractivity contribution in [2.75, 3.05) is 109 Å². The van der Waals surface area contributed by atoms with E-state index in [1.807, 2.05) is 56.4 Å². The summed E-state index contributed by atoms with van der Waals surface area (Å²) in [6, 6.07) is 0. The third-order valence-corrected chi connectivity index (χ3v) is 11.3. The van der Waals surface area contributed by atoms with Crippen molar-refractivity contribution in [3.05, 3.63) is 0 Å². The van der Waals surface area contributed by atoms with E-state index in [2.05, 4.69) is 19.6 Å². The van der Waals surface area contributed by atoms with Crippen LogP contribution in [0.2, 0.25) is 0 Å². The maximum absolute atomic E-state index is 6.14. The number of hydrogen-bond donors (Lipinski definition) is 0. The molecule has 0 amide bonds. The molecule has 0 heterocycles. The zero-order valence-electron chi connectivity index (χ0n) is 17.6. The Hall–Kier alpha value is 0.550. The van der Waals surface area contributed by atoms with E-state index in [0.29, 0.717) is 26.4 Å². The summed E-state index contributed by atoms with van der Waals surface area (Å²) in [5, 5.41) is 0. The van der Waals surface area contributed by atoms with Gasteiger partial charge in [0.2, 0.25) is 0 Å². The first-order chi connectivity index (χ1) is 11.7. The first-order valence-electron chi connectivity index (χ1n) is 8.81. The number of hydrogen-bond acceptors (Lipinski definition) is 8. The minimum absolute atomic E-state index is 0.556. The van der Waals surface area contributed by atoms with Gasteiger partial charge in [-0.15, -0.1) is 0 Å².